The van der Waals surface area contributed by atoms with E-state index in [9.17, 15) is 14.7 Å². The number of hydrogen-bond donors (Lipinski definition) is 1. The maximum absolute atomic E-state index is 13.3. The first-order chi connectivity index (χ1) is 17.9. The Morgan fingerprint density at radius 2 is 1.84 bits per heavy atom. The number of hydrogen-bond acceptors (Lipinski definition) is 7. The predicted molar refractivity (Wildman–Crippen MR) is 141 cm³/mol. The summed E-state index contributed by atoms with van der Waals surface area (Å²) in [5.74, 6) is -0.152. The van der Waals surface area contributed by atoms with Gasteiger partial charge in [0.2, 0.25) is 0 Å². The minimum atomic E-state index is -0.721. The molecule has 1 N–H and O–H groups in total. The molecule has 2 aliphatic rings. The highest BCUT2D eigenvalue weighted by Gasteiger charge is 2.46. The molecule has 0 bridgehead atoms. The van der Waals surface area contributed by atoms with Gasteiger partial charge in [0.25, 0.3) is 11.7 Å². The molecule has 2 aromatic rings. The number of carbonyl (C=O) groups is 2. The third-order valence-corrected chi connectivity index (χ3v) is 6.61. The second-order valence-electron chi connectivity index (χ2n) is 9.03. The fourth-order valence-corrected chi connectivity index (χ4v) is 4.70. The van der Waals surface area contributed by atoms with Crippen LogP contribution in [0.5, 0.6) is 11.5 Å². The summed E-state index contributed by atoms with van der Waals surface area (Å²) >= 11 is 0. The molecular weight excluding hydrogens is 472 g/mol. The summed E-state index contributed by atoms with van der Waals surface area (Å²) in [4.78, 5) is 30.3. The number of likely N-dealkylation sites (tertiary alicyclic amines) is 1. The van der Waals surface area contributed by atoms with Crippen molar-refractivity contribution in [2.75, 3.05) is 52.6 Å². The molecule has 196 valence electrons. The zero-order valence-electron chi connectivity index (χ0n) is 21.4. The van der Waals surface area contributed by atoms with Crippen molar-refractivity contribution < 1.29 is 28.9 Å². The molecule has 0 radical (unpaired) electrons. The normalized spacial score (nSPS) is 19.7. The zero-order chi connectivity index (χ0) is 26.4. The predicted octanol–water partition coefficient (Wildman–Crippen LogP) is 3.71. The molecule has 8 heteroatoms. The molecule has 8 nitrogen and oxygen atoms in total. The Kier molecular flexibility index (Phi) is 8.63. The second kappa shape index (κ2) is 12.1. The van der Waals surface area contributed by atoms with Crippen molar-refractivity contribution in [2.45, 2.75) is 19.9 Å². The summed E-state index contributed by atoms with van der Waals surface area (Å²) in [5.41, 5.74) is 2.09. The topological polar surface area (TPSA) is 88.5 Å². The number of carbonyl (C=O) groups excluding carboxylic acids is 2. The number of rotatable bonds is 10. The summed E-state index contributed by atoms with van der Waals surface area (Å²) < 4.78 is 16.6. The molecule has 0 aliphatic carbocycles. The number of aliphatic hydroxyl groups excluding tert-OH is 1. The number of morpholine rings is 1. The molecular formula is C29H34N2O6. The van der Waals surface area contributed by atoms with Crippen molar-refractivity contribution >= 4 is 17.4 Å². The molecule has 2 saturated heterocycles. The number of nitrogens with zero attached hydrogens (tertiary/aromatic N) is 2. The zero-order valence-corrected chi connectivity index (χ0v) is 21.4. The van der Waals surface area contributed by atoms with Crippen LogP contribution in [0, 0.1) is 6.92 Å². The van der Waals surface area contributed by atoms with Gasteiger partial charge in [-0.25, -0.2) is 0 Å². The first-order valence-electron chi connectivity index (χ1n) is 12.6. The Labute approximate surface area is 217 Å². The lowest BCUT2D eigenvalue weighted by Gasteiger charge is -2.31. The molecule has 0 spiro atoms. The van der Waals surface area contributed by atoms with Crippen LogP contribution in [0.1, 0.15) is 29.7 Å². The number of aryl methyl sites for hydroxylation is 1. The monoisotopic (exact) mass is 506 g/mol. The number of ether oxygens (including phenoxy) is 3. The number of benzene rings is 2. The lowest BCUT2D eigenvalue weighted by molar-refractivity contribution is -0.140. The van der Waals surface area contributed by atoms with E-state index in [-0.39, 0.29) is 11.3 Å². The molecule has 0 unspecified atom stereocenters. The summed E-state index contributed by atoms with van der Waals surface area (Å²) in [5, 5.41) is 11.4. The maximum Gasteiger partial charge on any atom is 0.295 e. The van der Waals surface area contributed by atoms with Crippen molar-refractivity contribution in [1.82, 2.24) is 9.80 Å². The fourth-order valence-electron chi connectivity index (χ4n) is 4.70. The average molecular weight is 507 g/mol. The highest BCUT2D eigenvalue weighted by Crippen LogP contribution is 2.40. The van der Waals surface area contributed by atoms with Crippen LogP contribution in [0.3, 0.4) is 0 Å². The number of ketones is 1. The summed E-state index contributed by atoms with van der Waals surface area (Å²) in [6.45, 7) is 12.1. The van der Waals surface area contributed by atoms with Crippen molar-refractivity contribution in [3.05, 3.63) is 77.4 Å². The SMILES string of the molecule is C=CCOc1ccc([C@H]2C(=C(O)c3ccc(OCC)c(C)c3)C(=O)C(=O)N2CCN2CCOCC2)cc1. The molecule has 37 heavy (non-hydrogen) atoms. The molecule has 2 heterocycles. The first-order valence-corrected chi connectivity index (χ1v) is 12.6. The van der Waals surface area contributed by atoms with Crippen LogP contribution >= 0.6 is 0 Å². The summed E-state index contributed by atoms with van der Waals surface area (Å²) in [7, 11) is 0. The standard InChI is InChI=1S/C29H34N2O6/c1-4-16-37-23-9-6-21(7-10-23)26-25(27(32)22-8-11-24(36-5-2)20(3)19-22)28(33)29(34)31(26)13-12-30-14-17-35-18-15-30/h4,6-11,19,26,32H,1,5,12-18H2,2-3H3/t26-/m0/s1. The van der Waals surface area contributed by atoms with Gasteiger partial charge in [0.05, 0.1) is 31.4 Å². The number of aliphatic hydroxyl groups is 1. The molecule has 4 rings (SSSR count). The van der Waals surface area contributed by atoms with Crippen molar-refractivity contribution in [3.63, 3.8) is 0 Å². The lowest BCUT2D eigenvalue weighted by Crippen LogP contribution is -2.42. The second-order valence-corrected chi connectivity index (χ2v) is 9.03. The number of amides is 1. The Balaban J connectivity index is 1.72. The van der Waals surface area contributed by atoms with E-state index in [0.29, 0.717) is 56.6 Å². The molecule has 1 amide bonds. The van der Waals surface area contributed by atoms with Gasteiger partial charge in [-0.15, -0.1) is 0 Å². The fraction of sp³-hybridized carbons (Fsp3) is 0.379. The Morgan fingerprint density at radius 1 is 1.11 bits per heavy atom. The molecule has 2 fully saturated rings. The van der Waals surface area contributed by atoms with E-state index >= 15 is 0 Å². The van der Waals surface area contributed by atoms with Gasteiger partial charge in [-0.1, -0.05) is 24.8 Å². The van der Waals surface area contributed by atoms with Gasteiger partial charge in [-0.2, -0.15) is 0 Å². The highest BCUT2D eigenvalue weighted by atomic mass is 16.5. The van der Waals surface area contributed by atoms with Gasteiger partial charge in [-0.3, -0.25) is 14.5 Å². The van der Waals surface area contributed by atoms with Crippen molar-refractivity contribution in [3.8, 4) is 11.5 Å². The molecule has 0 aromatic heterocycles. The van der Waals surface area contributed by atoms with Crippen LogP contribution in [0.15, 0.2) is 60.7 Å². The highest BCUT2D eigenvalue weighted by molar-refractivity contribution is 6.46. The Morgan fingerprint density at radius 3 is 2.49 bits per heavy atom. The van der Waals surface area contributed by atoms with E-state index in [1.165, 1.54) is 0 Å². The van der Waals surface area contributed by atoms with Gasteiger partial charge in [-0.05, 0) is 55.3 Å². The Hall–Kier alpha value is -3.62. The van der Waals surface area contributed by atoms with E-state index in [0.717, 1.165) is 24.2 Å². The van der Waals surface area contributed by atoms with Crippen molar-refractivity contribution in [1.29, 1.82) is 0 Å². The van der Waals surface area contributed by atoms with Crippen LogP contribution in [-0.2, 0) is 14.3 Å². The minimum Gasteiger partial charge on any atom is -0.507 e. The van der Waals surface area contributed by atoms with E-state index in [4.69, 9.17) is 14.2 Å². The smallest absolute Gasteiger partial charge is 0.295 e. The third kappa shape index (κ3) is 5.87. The van der Waals surface area contributed by atoms with Crippen LogP contribution in [0.4, 0.5) is 0 Å². The summed E-state index contributed by atoms with van der Waals surface area (Å²) in [6, 6.07) is 11.8. The van der Waals surface area contributed by atoms with Gasteiger partial charge < -0.3 is 24.2 Å². The average Bonchev–Trinajstić information content (AvgIpc) is 3.17. The largest absolute Gasteiger partial charge is 0.507 e. The van der Waals surface area contributed by atoms with E-state index < -0.39 is 17.7 Å². The van der Waals surface area contributed by atoms with Gasteiger partial charge in [0, 0.05) is 31.7 Å². The lowest BCUT2D eigenvalue weighted by atomic mass is 9.94. The first kappa shape index (κ1) is 26.4. The third-order valence-electron chi connectivity index (χ3n) is 6.61. The molecule has 2 aromatic carbocycles. The Bertz CT molecular complexity index is 1170. The van der Waals surface area contributed by atoms with Crippen LogP contribution in [-0.4, -0.2) is 79.2 Å². The van der Waals surface area contributed by atoms with E-state index in [1.54, 1.807) is 41.3 Å². The minimum absolute atomic E-state index is 0.0790. The molecule has 1 atom stereocenters. The van der Waals surface area contributed by atoms with Crippen LogP contribution in [0.25, 0.3) is 5.76 Å². The van der Waals surface area contributed by atoms with Crippen molar-refractivity contribution in [2.24, 2.45) is 0 Å². The van der Waals surface area contributed by atoms with E-state index in [2.05, 4.69) is 11.5 Å². The van der Waals surface area contributed by atoms with Gasteiger partial charge >= 0.3 is 0 Å². The van der Waals surface area contributed by atoms with Gasteiger partial charge in [0.15, 0.2) is 0 Å². The maximum atomic E-state index is 13.3. The number of Topliss-reactive ketones (excluding diaryl/α,β-unsaturated/α-hetero) is 1. The van der Waals surface area contributed by atoms with Gasteiger partial charge in [0.1, 0.15) is 23.9 Å². The quantitative estimate of drug-likeness (QED) is 0.227. The van der Waals surface area contributed by atoms with Crippen LogP contribution in [0.2, 0.25) is 0 Å². The van der Waals surface area contributed by atoms with E-state index in [1.807, 2.05) is 26.0 Å². The summed E-state index contributed by atoms with van der Waals surface area (Å²) in [6.07, 6.45) is 1.66. The molecule has 0 saturated carbocycles. The molecule has 2 aliphatic heterocycles. The van der Waals surface area contributed by atoms with Crippen LogP contribution < -0.4 is 9.47 Å².